The molecule has 102 valence electrons. The van der Waals surface area contributed by atoms with Gasteiger partial charge in [-0.2, -0.15) is 0 Å². The van der Waals surface area contributed by atoms with Crippen molar-refractivity contribution in [3.8, 4) is 0 Å². The Balaban J connectivity index is 2.68. The molecule has 3 N–H and O–H groups in total. The standard InChI is InChI=1S/C14H30N2O/c1-11(2)13-7-5-6-8-14(13,10-15)16-9-12(3)17-4/h11-13,16H,5-10,15H2,1-4H3. The van der Waals surface area contributed by atoms with Crippen molar-refractivity contribution in [2.24, 2.45) is 17.6 Å². The smallest absolute Gasteiger partial charge is 0.0667 e. The van der Waals surface area contributed by atoms with Gasteiger partial charge in [0.1, 0.15) is 0 Å². The van der Waals surface area contributed by atoms with Crippen molar-refractivity contribution in [3.63, 3.8) is 0 Å². The zero-order chi connectivity index (χ0) is 12.9. The number of hydrogen-bond donors (Lipinski definition) is 2. The molecule has 17 heavy (non-hydrogen) atoms. The number of methoxy groups -OCH3 is 1. The van der Waals surface area contributed by atoms with Gasteiger partial charge in [0, 0.05) is 25.7 Å². The van der Waals surface area contributed by atoms with Crippen LogP contribution in [0.3, 0.4) is 0 Å². The summed E-state index contributed by atoms with van der Waals surface area (Å²) in [6, 6.07) is 0. The minimum absolute atomic E-state index is 0.138. The normalized spacial score (nSPS) is 31.8. The van der Waals surface area contributed by atoms with Crippen molar-refractivity contribution in [1.82, 2.24) is 5.32 Å². The lowest BCUT2D eigenvalue weighted by molar-refractivity contribution is 0.0692. The van der Waals surface area contributed by atoms with E-state index in [0.29, 0.717) is 11.8 Å². The van der Waals surface area contributed by atoms with Crippen LogP contribution < -0.4 is 11.1 Å². The summed E-state index contributed by atoms with van der Waals surface area (Å²) in [6.45, 7) is 8.39. The van der Waals surface area contributed by atoms with Crippen LogP contribution in [0.4, 0.5) is 0 Å². The fraction of sp³-hybridized carbons (Fsp3) is 1.00. The SMILES string of the molecule is COC(C)CNC1(CN)CCCCC1C(C)C. The molecule has 1 fully saturated rings. The lowest BCUT2D eigenvalue weighted by Crippen LogP contribution is -2.60. The maximum Gasteiger partial charge on any atom is 0.0667 e. The molecule has 1 saturated carbocycles. The minimum atomic E-state index is 0.138. The number of rotatable bonds is 6. The summed E-state index contributed by atoms with van der Waals surface area (Å²) in [5, 5.41) is 3.72. The fourth-order valence-electron chi connectivity index (χ4n) is 3.21. The molecule has 0 aromatic carbocycles. The van der Waals surface area contributed by atoms with E-state index in [-0.39, 0.29) is 11.6 Å². The molecule has 1 aliphatic carbocycles. The van der Waals surface area contributed by atoms with Crippen LogP contribution in [-0.4, -0.2) is 31.8 Å². The van der Waals surface area contributed by atoms with E-state index in [1.54, 1.807) is 7.11 Å². The highest BCUT2D eigenvalue weighted by Crippen LogP contribution is 2.37. The summed E-state index contributed by atoms with van der Waals surface area (Å²) in [5.41, 5.74) is 6.23. The topological polar surface area (TPSA) is 47.3 Å². The molecule has 3 heteroatoms. The highest BCUT2D eigenvalue weighted by atomic mass is 16.5. The third-order valence-corrected chi connectivity index (χ3v) is 4.41. The Hall–Kier alpha value is -0.120. The van der Waals surface area contributed by atoms with Gasteiger partial charge in [-0.1, -0.05) is 26.7 Å². The second kappa shape index (κ2) is 6.72. The first-order valence-electron chi connectivity index (χ1n) is 7.03. The van der Waals surface area contributed by atoms with E-state index in [1.165, 1.54) is 25.7 Å². The van der Waals surface area contributed by atoms with Crippen molar-refractivity contribution in [1.29, 1.82) is 0 Å². The van der Waals surface area contributed by atoms with Gasteiger partial charge in [0.15, 0.2) is 0 Å². The van der Waals surface area contributed by atoms with E-state index in [1.807, 2.05) is 0 Å². The first-order chi connectivity index (χ1) is 8.05. The minimum Gasteiger partial charge on any atom is -0.380 e. The van der Waals surface area contributed by atoms with Gasteiger partial charge in [-0.25, -0.2) is 0 Å². The van der Waals surface area contributed by atoms with Crippen molar-refractivity contribution in [2.45, 2.75) is 58.1 Å². The van der Waals surface area contributed by atoms with E-state index in [0.717, 1.165) is 13.1 Å². The van der Waals surface area contributed by atoms with E-state index >= 15 is 0 Å². The molecule has 3 nitrogen and oxygen atoms in total. The monoisotopic (exact) mass is 242 g/mol. The molecular weight excluding hydrogens is 212 g/mol. The molecule has 0 aliphatic heterocycles. The van der Waals surface area contributed by atoms with Gasteiger partial charge >= 0.3 is 0 Å². The van der Waals surface area contributed by atoms with Gasteiger partial charge in [-0.15, -0.1) is 0 Å². The Bertz CT molecular complexity index is 220. The summed E-state index contributed by atoms with van der Waals surface area (Å²) < 4.78 is 5.32. The molecule has 0 aromatic heterocycles. The van der Waals surface area contributed by atoms with Gasteiger partial charge in [-0.05, 0) is 31.6 Å². The van der Waals surface area contributed by atoms with Crippen LogP contribution in [0.1, 0.15) is 46.5 Å². The molecule has 1 aliphatic rings. The van der Waals surface area contributed by atoms with Crippen molar-refractivity contribution >= 4 is 0 Å². The molecule has 0 heterocycles. The molecule has 3 atom stereocenters. The van der Waals surface area contributed by atoms with Crippen LogP contribution in [-0.2, 0) is 4.74 Å². The molecule has 0 saturated heterocycles. The fourth-order valence-corrected chi connectivity index (χ4v) is 3.21. The summed E-state index contributed by atoms with van der Waals surface area (Å²) in [5.74, 6) is 1.40. The second-order valence-corrected chi connectivity index (χ2v) is 5.88. The predicted octanol–water partition coefficient (Wildman–Crippen LogP) is 2.15. The van der Waals surface area contributed by atoms with Gasteiger partial charge < -0.3 is 15.8 Å². The van der Waals surface area contributed by atoms with Crippen LogP contribution in [0.15, 0.2) is 0 Å². The zero-order valence-corrected chi connectivity index (χ0v) is 12.0. The van der Waals surface area contributed by atoms with Gasteiger partial charge in [0.2, 0.25) is 0 Å². The number of ether oxygens (including phenoxy) is 1. The Morgan fingerprint density at radius 1 is 1.35 bits per heavy atom. The largest absolute Gasteiger partial charge is 0.380 e. The van der Waals surface area contributed by atoms with Crippen molar-refractivity contribution in [2.75, 3.05) is 20.2 Å². The Labute approximate surface area is 106 Å². The number of nitrogens with two attached hydrogens (primary N) is 1. The number of hydrogen-bond acceptors (Lipinski definition) is 3. The second-order valence-electron chi connectivity index (χ2n) is 5.88. The molecule has 0 bridgehead atoms. The molecular formula is C14H30N2O. The van der Waals surface area contributed by atoms with E-state index in [9.17, 15) is 0 Å². The molecule has 0 spiro atoms. The third kappa shape index (κ3) is 3.67. The van der Waals surface area contributed by atoms with E-state index in [2.05, 4.69) is 26.1 Å². The first-order valence-corrected chi connectivity index (χ1v) is 7.03. The third-order valence-electron chi connectivity index (χ3n) is 4.41. The molecule has 0 aromatic rings. The Morgan fingerprint density at radius 3 is 2.59 bits per heavy atom. The Kier molecular flexibility index (Phi) is 5.90. The van der Waals surface area contributed by atoms with E-state index < -0.39 is 0 Å². The van der Waals surface area contributed by atoms with Crippen molar-refractivity contribution < 1.29 is 4.74 Å². The van der Waals surface area contributed by atoms with Crippen LogP contribution in [0.25, 0.3) is 0 Å². The zero-order valence-electron chi connectivity index (χ0n) is 12.0. The highest BCUT2D eigenvalue weighted by Gasteiger charge is 2.40. The number of nitrogens with one attached hydrogen (secondary N) is 1. The van der Waals surface area contributed by atoms with E-state index in [4.69, 9.17) is 10.5 Å². The average Bonchev–Trinajstić information content (AvgIpc) is 2.35. The van der Waals surface area contributed by atoms with Crippen LogP contribution in [0.2, 0.25) is 0 Å². The van der Waals surface area contributed by atoms with Gasteiger partial charge in [0.25, 0.3) is 0 Å². The van der Waals surface area contributed by atoms with Crippen LogP contribution >= 0.6 is 0 Å². The molecule has 0 radical (unpaired) electrons. The molecule has 3 unspecified atom stereocenters. The lowest BCUT2D eigenvalue weighted by atomic mass is 9.68. The molecule has 0 amide bonds. The maximum atomic E-state index is 6.09. The van der Waals surface area contributed by atoms with Crippen LogP contribution in [0.5, 0.6) is 0 Å². The average molecular weight is 242 g/mol. The quantitative estimate of drug-likeness (QED) is 0.750. The summed E-state index contributed by atoms with van der Waals surface area (Å²) in [4.78, 5) is 0. The lowest BCUT2D eigenvalue weighted by Gasteiger charge is -2.47. The van der Waals surface area contributed by atoms with Crippen molar-refractivity contribution in [3.05, 3.63) is 0 Å². The molecule has 1 rings (SSSR count). The first kappa shape index (κ1) is 14.9. The predicted molar refractivity (Wildman–Crippen MR) is 73.1 cm³/mol. The van der Waals surface area contributed by atoms with Crippen LogP contribution in [0, 0.1) is 11.8 Å². The summed E-state index contributed by atoms with van der Waals surface area (Å²) >= 11 is 0. The van der Waals surface area contributed by atoms with Gasteiger partial charge in [-0.3, -0.25) is 0 Å². The maximum absolute atomic E-state index is 6.09. The van der Waals surface area contributed by atoms with Gasteiger partial charge in [0.05, 0.1) is 6.10 Å². The summed E-state index contributed by atoms with van der Waals surface area (Å²) in [7, 11) is 1.77. The highest BCUT2D eigenvalue weighted by molar-refractivity contribution is 4.99. The Morgan fingerprint density at radius 2 is 2.06 bits per heavy atom. The summed E-state index contributed by atoms with van der Waals surface area (Å²) in [6.07, 6.45) is 5.43.